The Labute approximate surface area is 164 Å². The van der Waals surface area contributed by atoms with Gasteiger partial charge in [-0.1, -0.05) is 24.2 Å². The topological polar surface area (TPSA) is 95.9 Å². The van der Waals surface area contributed by atoms with Gasteiger partial charge in [0.25, 0.3) is 0 Å². The highest BCUT2D eigenvalue weighted by Crippen LogP contribution is 2.27. The van der Waals surface area contributed by atoms with Crippen LogP contribution in [0.4, 0.5) is 21.8 Å². The van der Waals surface area contributed by atoms with Crippen LogP contribution in [0.15, 0.2) is 43.4 Å². The molecule has 1 saturated heterocycles. The van der Waals surface area contributed by atoms with Gasteiger partial charge in [-0.25, -0.2) is 24.3 Å². The van der Waals surface area contributed by atoms with E-state index in [4.69, 9.17) is 11.6 Å². The number of aromatic nitrogens is 4. The first-order valence-electron chi connectivity index (χ1n) is 8.42. The highest BCUT2D eigenvalue weighted by molar-refractivity contribution is 6.31. The normalized spacial score (nSPS) is 13.9. The van der Waals surface area contributed by atoms with Crippen LogP contribution in [0, 0.1) is 5.82 Å². The van der Waals surface area contributed by atoms with Crippen LogP contribution in [-0.4, -0.2) is 49.9 Å². The van der Waals surface area contributed by atoms with Crippen molar-refractivity contribution in [3.8, 4) is 0 Å². The third-order valence-corrected chi connectivity index (χ3v) is 4.58. The highest BCUT2D eigenvalue weighted by atomic mass is 35.5. The van der Waals surface area contributed by atoms with Crippen molar-refractivity contribution in [2.24, 2.45) is 0 Å². The Hall–Kier alpha value is -3.33. The zero-order valence-corrected chi connectivity index (χ0v) is 15.3. The van der Waals surface area contributed by atoms with Crippen molar-refractivity contribution in [1.29, 1.82) is 0 Å². The van der Waals surface area contributed by atoms with E-state index >= 15 is 0 Å². The molecule has 3 heterocycles. The van der Waals surface area contributed by atoms with Gasteiger partial charge < -0.3 is 15.5 Å². The molecule has 2 N–H and O–H groups in total. The van der Waals surface area contributed by atoms with Gasteiger partial charge in [0.2, 0.25) is 11.9 Å². The summed E-state index contributed by atoms with van der Waals surface area (Å²) in [5.41, 5.74) is 1.11. The third-order valence-electron chi connectivity index (χ3n) is 4.28. The van der Waals surface area contributed by atoms with Crippen molar-refractivity contribution in [1.82, 2.24) is 24.8 Å². The molecule has 0 unspecified atom stereocenters. The quantitative estimate of drug-likeness (QED) is 0.637. The molecule has 0 radical (unpaired) electrons. The number of anilines is 3. The van der Waals surface area contributed by atoms with Gasteiger partial charge in [0.15, 0.2) is 11.6 Å². The average molecular weight is 400 g/mol. The maximum absolute atomic E-state index is 14.2. The molecule has 0 bridgehead atoms. The van der Waals surface area contributed by atoms with Gasteiger partial charge in [-0.15, -0.1) is 0 Å². The third kappa shape index (κ3) is 3.44. The molecule has 142 valence electrons. The maximum Gasteiger partial charge on any atom is 0.246 e. The summed E-state index contributed by atoms with van der Waals surface area (Å²) in [6, 6.07) is 4.68. The zero-order valence-electron chi connectivity index (χ0n) is 14.6. The number of halogens is 2. The largest absolute Gasteiger partial charge is 0.348 e. The molecule has 1 aliphatic heterocycles. The number of rotatable bonds is 5. The van der Waals surface area contributed by atoms with E-state index in [2.05, 4.69) is 37.1 Å². The molecule has 28 heavy (non-hydrogen) atoms. The smallest absolute Gasteiger partial charge is 0.246 e. The monoisotopic (exact) mass is 399 g/mol. The van der Waals surface area contributed by atoms with Crippen LogP contribution in [0.1, 0.15) is 0 Å². The Morgan fingerprint density at radius 1 is 1.32 bits per heavy atom. The predicted molar refractivity (Wildman–Crippen MR) is 104 cm³/mol. The highest BCUT2D eigenvalue weighted by Gasteiger charge is 2.29. The molecule has 0 spiro atoms. The van der Waals surface area contributed by atoms with Crippen LogP contribution in [-0.2, 0) is 4.79 Å². The minimum atomic E-state index is -0.579. The number of carbonyl (C=O) groups excluding carboxylic acids is 1. The van der Waals surface area contributed by atoms with E-state index in [0.717, 1.165) is 0 Å². The molecule has 1 aromatic carbocycles. The van der Waals surface area contributed by atoms with Gasteiger partial charge in [0.1, 0.15) is 17.4 Å². The van der Waals surface area contributed by atoms with E-state index < -0.39 is 5.82 Å². The predicted octanol–water partition coefficient (Wildman–Crippen LogP) is 2.76. The fourth-order valence-electron chi connectivity index (χ4n) is 2.80. The summed E-state index contributed by atoms with van der Waals surface area (Å²) in [6.07, 6.45) is 4.18. The summed E-state index contributed by atoms with van der Waals surface area (Å²) >= 11 is 5.83. The number of hydrogen-bond donors (Lipinski definition) is 2. The summed E-state index contributed by atoms with van der Waals surface area (Å²) < 4.78 is 14.2. The Balaban J connectivity index is 1.57. The molecule has 8 nitrogen and oxygen atoms in total. The van der Waals surface area contributed by atoms with Gasteiger partial charge in [0, 0.05) is 13.1 Å². The molecule has 0 saturated carbocycles. The van der Waals surface area contributed by atoms with Crippen LogP contribution in [0.3, 0.4) is 0 Å². The van der Waals surface area contributed by atoms with E-state index in [0.29, 0.717) is 35.9 Å². The zero-order chi connectivity index (χ0) is 19.7. The van der Waals surface area contributed by atoms with Crippen molar-refractivity contribution >= 4 is 46.0 Å². The Bertz CT molecular complexity index is 1070. The van der Waals surface area contributed by atoms with E-state index in [1.165, 1.54) is 18.5 Å². The summed E-state index contributed by atoms with van der Waals surface area (Å²) in [4.78, 5) is 30.2. The van der Waals surface area contributed by atoms with Gasteiger partial charge in [-0.3, -0.25) is 4.79 Å². The van der Waals surface area contributed by atoms with E-state index in [1.807, 2.05) is 0 Å². The van der Waals surface area contributed by atoms with Gasteiger partial charge in [0.05, 0.1) is 22.9 Å². The lowest BCUT2D eigenvalue weighted by Gasteiger charge is -2.38. The molecular formula is C18H15ClFN7O. The second-order valence-corrected chi connectivity index (χ2v) is 6.57. The van der Waals surface area contributed by atoms with Gasteiger partial charge in [-0.2, -0.15) is 0 Å². The Morgan fingerprint density at radius 3 is 2.93 bits per heavy atom. The number of hydrogen-bond acceptors (Lipinski definition) is 7. The molecule has 4 rings (SSSR count). The lowest BCUT2D eigenvalue weighted by atomic mass is 10.1. The van der Waals surface area contributed by atoms with E-state index in [-0.39, 0.29) is 22.7 Å². The fourth-order valence-corrected chi connectivity index (χ4v) is 2.98. The van der Waals surface area contributed by atoms with E-state index in [9.17, 15) is 9.18 Å². The molecule has 0 atom stereocenters. The standard InChI is InChI=1S/C18H15ClFN7O/c1-2-14(28)27-7-10(8-27)24-18-21-6-13-16(26-18)17(23-9-22-13)25-12-5-3-4-11(19)15(12)20/h2-6,9-10H,1,7-8H2,(H,21,24,26)(H,22,23,25). The number of fused-ring (bicyclic) bond motifs is 1. The second kappa shape index (κ2) is 7.35. The maximum atomic E-state index is 14.2. The van der Waals surface area contributed by atoms with Crippen LogP contribution >= 0.6 is 11.6 Å². The minimum Gasteiger partial charge on any atom is -0.348 e. The summed E-state index contributed by atoms with van der Waals surface area (Å²) in [5, 5.41) is 6.07. The first-order valence-corrected chi connectivity index (χ1v) is 8.79. The van der Waals surface area contributed by atoms with Crippen molar-refractivity contribution in [3.05, 3.63) is 54.2 Å². The minimum absolute atomic E-state index is 0.00366. The van der Waals surface area contributed by atoms with Crippen LogP contribution in [0.5, 0.6) is 0 Å². The molecule has 1 fully saturated rings. The number of amides is 1. The van der Waals surface area contributed by atoms with Crippen molar-refractivity contribution in [3.63, 3.8) is 0 Å². The number of carbonyl (C=O) groups is 1. The molecule has 2 aromatic heterocycles. The second-order valence-electron chi connectivity index (χ2n) is 6.16. The Kier molecular flexibility index (Phi) is 4.74. The fraction of sp³-hybridized carbons (Fsp3) is 0.167. The lowest BCUT2D eigenvalue weighted by Crippen LogP contribution is -2.56. The average Bonchev–Trinajstić information content (AvgIpc) is 2.67. The Morgan fingerprint density at radius 2 is 2.14 bits per heavy atom. The number of nitrogens with one attached hydrogen (secondary N) is 2. The number of nitrogens with zero attached hydrogens (tertiary/aromatic N) is 5. The van der Waals surface area contributed by atoms with Gasteiger partial charge >= 0.3 is 0 Å². The SMILES string of the molecule is C=CC(=O)N1CC(Nc2ncc3ncnc(Nc4cccc(Cl)c4F)c3n2)C1. The molecule has 1 amide bonds. The summed E-state index contributed by atoms with van der Waals surface area (Å²) in [7, 11) is 0. The van der Waals surface area contributed by atoms with Crippen LogP contribution < -0.4 is 10.6 Å². The first kappa shape index (κ1) is 18.1. The van der Waals surface area contributed by atoms with Crippen LogP contribution in [0.2, 0.25) is 5.02 Å². The van der Waals surface area contributed by atoms with Gasteiger partial charge in [-0.05, 0) is 18.2 Å². The van der Waals surface area contributed by atoms with E-state index in [1.54, 1.807) is 23.2 Å². The lowest BCUT2D eigenvalue weighted by molar-refractivity contribution is -0.129. The first-order chi connectivity index (χ1) is 13.5. The van der Waals surface area contributed by atoms with Crippen molar-refractivity contribution in [2.45, 2.75) is 6.04 Å². The summed E-state index contributed by atoms with van der Waals surface area (Å²) in [5.74, 6) is 0.00648. The van der Waals surface area contributed by atoms with Crippen molar-refractivity contribution < 1.29 is 9.18 Å². The molecule has 3 aromatic rings. The molecule has 1 aliphatic rings. The summed E-state index contributed by atoms with van der Waals surface area (Å²) in [6.45, 7) is 4.55. The number of benzene rings is 1. The number of likely N-dealkylation sites (tertiary alicyclic amines) is 1. The molecular weight excluding hydrogens is 385 g/mol. The molecule has 10 heteroatoms. The van der Waals surface area contributed by atoms with Crippen molar-refractivity contribution in [2.75, 3.05) is 23.7 Å². The van der Waals surface area contributed by atoms with Crippen LogP contribution in [0.25, 0.3) is 11.0 Å². The molecule has 0 aliphatic carbocycles.